The van der Waals surface area contributed by atoms with Crippen LogP contribution in [0.1, 0.15) is 31.9 Å². The van der Waals surface area contributed by atoms with Gasteiger partial charge in [-0.05, 0) is 26.3 Å². The summed E-state index contributed by atoms with van der Waals surface area (Å²) >= 11 is 0. The molecule has 0 spiro atoms. The van der Waals surface area contributed by atoms with Crippen molar-refractivity contribution in [3.8, 4) is 0 Å². The Balaban J connectivity index is 2.41. The Morgan fingerprint density at radius 2 is 1.95 bits per heavy atom. The van der Waals surface area contributed by atoms with Gasteiger partial charge in [-0.3, -0.25) is 9.69 Å². The first kappa shape index (κ1) is 18.6. The molecule has 0 bridgehead atoms. The van der Waals surface area contributed by atoms with Crippen molar-refractivity contribution in [1.82, 2.24) is 24.6 Å². The van der Waals surface area contributed by atoms with Gasteiger partial charge in [-0.2, -0.15) is 0 Å². The van der Waals surface area contributed by atoms with Crippen LogP contribution >= 0.6 is 0 Å². The number of hydrogen-bond donors (Lipinski definition) is 1. The number of rotatable bonds is 8. The zero-order valence-electron chi connectivity index (χ0n) is 14.7. The van der Waals surface area contributed by atoms with Gasteiger partial charge in [-0.1, -0.05) is 13.8 Å². The van der Waals surface area contributed by atoms with Gasteiger partial charge in [-0.25, -0.2) is 0 Å². The summed E-state index contributed by atoms with van der Waals surface area (Å²) < 4.78 is 1.94. The number of nitrogens with two attached hydrogens (primary N) is 1. The van der Waals surface area contributed by atoms with Gasteiger partial charge in [0.15, 0.2) is 0 Å². The number of aromatic nitrogens is 3. The molecule has 0 saturated carbocycles. The molecule has 0 fully saturated rings. The first-order valence-corrected chi connectivity index (χ1v) is 7.75. The summed E-state index contributed by atoms with van der Waals surface area (Å²) in [5, 5.41) is 8.14. The molecule has 126 valence electrons. The molecule has 1 unspecified atom stereocenters. The van der Waals surface area contributed by atoms with Crippen LogP contribution in [0, 0.1) is 12.8 Å². The van der Waals surface area contributed by atoms with Crippen molar-refractivity contribution >= 4 is 5.91 Å². The number of nitrogens with zero attached hydrogens (tertiary/aromatic N) is 5. The summed E-state index contributed by atoms with van der Waals surface area (Å²) in [5.41, 5.74) is 6.02. The van der Waals surface area contributed by atoms with Crippen molar-refractivity contribution < 1.29 is 4.79 Å². The number of hydrogen-bond acceptors (Lipinski definition) is 5. The van der Waals surface area contributed by atoms with Gasteiger partial charge in [-0.15, -0.1) is 10.2 Å². The maximum absolute atomic E-state index is 12.2. The molecule has 2 N–H and O–H groups in total. The molecule has 1 rings (SSSR count). The lowest BCUT2D eigenvalue weighted by Gasteiger charge is -2.24. The molecule has 7 nitrogen and oxygen atoms in total. The van der Waals surface area contributed by atoms with Crippen molar-refractivity contribution in [2.45, 2.75) is 39.8 Å². The van der Waals surface area contributed by atoms with E-state index < -0.39 is 0 Å². The summed E-state index contributed by atoms with van der Waals surface area (Å²) in [4.78, 5) is 15.9. The molecular weight excluding hydrogens is 280 g/mol. The van der Waals surface area contributed by atoms with Crippen LogP contribution in [-0.4, -0.2) is 63.7 Å². The minimum absolute atomic E-state index is 0.0948. The van der Waals surface area contributed by atoms with Crippen LogP contribution < -0.4 is 5.73 Å². The van der Waals surface area contributed by atoms with Crippen molar-refractivity contribution in [2.75, 3.05) is 27.2 Å². The Morgan fingerprint density at radius 1 is 1.32 bits per heavy atom. The standard InChI is InChI=1S/C15H30N6O/c1-11(2)13(16)7-8-20(5)15(22)10-19(4)9-14-18-17-12(3)21(14)6/h11,13H,7-10,16H2,1-6H3. The zero-order valence-corrected chi connectivity index (χ0v) is 14.7. The van der Waals surface area contributed by atoms with E-state index in [1.165, 1.54) is 0 Å². The van der Waals surface area contributed by atoms with Gasteiger partial charge >= 0.3 is 0 Å². The summed E-state index contributed by atoms with van der Waals surface area (Å²) in [6.45, 7) is 7.76. The number of carbonyl (C=O) groups is 1. The summed E-state index contributed by atoms with van der Waals surface area (Å²) in [6.07, 6.45) is 0.825. The van der Waals surface area contributed by atoms with E-state index in [4.69, 9.17) is 5.73 Å². The third-order valence-corrected chi connectivity index (χ3v) is 4.08. The second-order valence-corrected chi connectivity index (χ2v) is 6.41. The fourth-order valence-electron chi connectivity index (χ4n) is 2.04. The lowest BCUT2D eigenvalue weighted by molar-refractivity contribution is -0.131. The number of likely N-dealkylation sites (N-methyl/N-ethyl adjacent to an activating group) is 2. The SMILES string of the molecule is Cc1nnc(CN(C)CC(=O)N(C)CCC(N)C(C)C)n1C. The number of aryl methyl sites for hydroxylation is 1. The predicted molar refractivity (Wildman–Crippen MR) is 87.1 cm³/mol. The number of amides is 1. The molecule has 0 aliphatic heterocycles. The third-order valence-electron chi connectivity index (χ3n) is 4.08. The normalized spacial score (nSPS) is 13.0. The van der Waals surface area contributed by atoms with E-state index in [0.717, 1.165) is 18.1 Å². The largest absolute Gasteiger partial charge is 0.345 e. The minimum Gasteiger partial charge on any atom is -0.345 e. The maximum Gasteiger partial charge on any atom is 0.236 e. The molecule has 1 heterocycles. The van der Waals surface area contributed by atoms with Crippen LogP contribution in [0.2, 0.25) is 0 Å². The van der Waals surface area contributed by atoms with Gasteiger partial charge in [0, 0.05) is 26.7 Å². The highest BCUT2D eigenvalue weighted by Crippen LogP contribution is 2.05. The Kier molecular flexibility index (Phi) is 6.96. The van der Waals surface area contributed by atoms with E-state index in [2.05, 4.69) is 24.0 Å². The van der Waals surface area contributed by atoms with Gasteiger partial charge in [0.25, 0.3) is 0 Å². The smallest absolute Gasteiger partial charge is 0.236 e. The summed E-state index contributed by atoms with van der Waals surface area (Å²) in [7, 11) is 5.67. The van der Waals surface area contributed by atoms with Gasteiger partial charge in [0.05, 0.1) is 13.1 Å². The van der Waals surface area contributed by atoms with Crippen LogP contribution in [0.25, 0.3) is 0 Å². The molecular formula is C15H30N6O. The van der Waals surface area contributed by atoms with Crippen molar-refractivity contribution in [3.63, 3.8) is 0 Å². The van der Waals surface area contributed by atoms with Crippen LogP contribution in [0.5, 0.6) is 0 Å². The quantitative estimate of drug-likeness (QED) is 0.751. The van der Waals surface area contributed by atoms with Crippen LogP contribution in [0.4, 0.5) is 0 Å². The van der Waals surface area contributed by atoms with Crippen LogP contribution in [-0.2, 0) is 18.4 Å². The molecule has 0 radical (unpaired) electrons. The Bertz CT molecular complexity index is 484. The average molecular weight is 310 g/mol. The monoisotopic (exact) mass is 310 g/mol. The lowest BCUT2D eigenvalue weighted by Crippen LogP contribution is -2.39. The maximum atomic E-state index is 12.2. The van der Waals surface area contributed by atoms with E-state index in [1.54, 1.807) is 4.90 Å². The Labute approximate surface area is 133 Å². The highest BCUT2D eigenvalue weighted by atomic mass is 16.2. The minimum atomic E-state index is 0.0948. The molecule has 1 aromatic rings. The van der Waals surface area contributed by atoms with E-state index in [-0.39, 0.29) is 11.9 Å². The summed E-state index contributed by atoms with van der Waals surface area (Å²) in [5.74, 6) is 2.26. The average Bonchev–Trinajstić information content (AvgIpc) is 2.75. The topological polar surface area (TPSA) is 80.3 Å². The Hall–Kier alpha value is -1.47. The molecule has 0 aromatic carbocycles. The predicted octanol–water partition coefficient (Wildman–Crippen LogP) is 0.387. The summed E-state index contributed by atoms with van der Waals surface area (Å²) in [6, 6.07) is 0.134. The van der Waals surface area contributed by atoms with Crippen molar-refractivity contribution in [3.05, 3.63) is 11.6 Å². The van der Waals surface area contributed by atoms with E-state index >= 15 is 0 Å². The fraction of sp³-hybridized carbons (Fsp3) is 0.800. The van der Waals surface area contributed by atoms with E-state index in [0.29, 0.717) is 25.6 Å². The van der Waals surface area contributed by atoms with E-state index in [9.17, 15) is 4.79 Å². The fourth-order valence-corrected chi connectivity index (χ4v) is 2.04. The van der Waals surface area contributed by atoms with Gasteiger partial charge in [0.2, 0.25) is 5.91 Å². The van der Waals surface area contributed by atoms with Crippen molar-refractivity contribution in [1.29, 1.82) is 0 Å². The van der Waals surface area contributed by atoms with Crippen LogP contribution in [0.15, 0.2) is 0 Å². The third kappa shape index (κ3) is 5.38. The molecule has 1 amide bonds. The first-order valence-electron chi connectivity index (χ1n) is 7.75. The highest BCUT2D eigenvalue weighted by Gasteiger charge is 2.16. The van der Waals surface area contributed by atoms with Gasteiger partial charge < -0.3 is 15.2 Å². The molecule has 22 heavy (non-hydrogen) atoms. The molecule has 0 aliphatic carbocycles. The lowest BCUT2D eigenvalue weighted by atomic mass is 10.0. The number of carbonyl (C=O) groups excluding carboxylic acids is 1. The second-order valence-electron chi connectivity index (χ2n) is 6.41. The Morgan fingerprint density at radius 3 is 2.45 bits per heavy atom. The molecule has 7 heteroatoms. The van der Waals surface area contributed by atoms with E-state index in [1.807, 2.05) is 37.5 Å². The second kappa shape index (κ2) is 8.24. The van der Waals surface area contributed by atoms with Crippen LogP contribution in [0.3, 0.4) is 0 Å². The molecule has 1 atom stereocenters. The molecule has 1 aromatic heterocycles. The van der Waals surface area contributed by atoms with Gasteiger partial charge in [0.1, 0.15) is 11.6 Å². The molecule has 0 aliphatic rings. The zero-order chi connectivity index (χ0) is 16.9. The first-order chi connectivity index (χ1) is 10.2. The molecule has 0 saturated heterocycles. The van der Waals surface area contributed by atoms with Crippen molar-refractivity contribution in [2.24, 2.45) is 18.7 Å². The highest BCUT2D eigenvalue weighted by molar-refractivity contribution is 5.77.